The van der Waals surface area contributed by atoms with Crippen molar-refractivity contribution < 1.29 is 26.7 Å². The first-order chi connectivity index (χ1) is 13.7. The molecule has 3 rings (SSSR count). The first kappa shape index (κ1) is 21.0. The smallest absolute Gasteiger partial charge is 0.322 e. The van der Waals surface area contributed by atoms with Crippen molar-refractivity contribution >= 4 is 21.7 Å². The van der Waals surface area contributed by atoms with E-state index < -0.39 is 33.7 Å². The third-order valence-corrected chi connectivity index (χ3v) is 6.74. The summed E-state index contributed by atoms with van der Waals surface area (Å²) >= 11 is 0. The number of carbonyl (C=O) groups is 1. The highest BCUT2D eigenvalue weighted by Crippen LogP contribution is 2.29. The van der Waals surface area contributed by atoms with E-state index in [4.69, 9.17) is 4.74 Å². The first-order valence-corrected chi connectivity index (χ1v) is 10.3. The Labute approximate surface area is 167 Å². The van der Waals surface area contributed by atoms with Gasteiger partial charge in [0.1, 0.15) is 22.3 Å². The van der Waals surface area contributed by atoms with E-state index in [-0.39, 0.29) is 36.0 Å². The average molecular weight is 425 g/mol. The monoisotopic (exact) mass is 425 g/mol. The average Bonchev–Trinajstić information content (AvgIpc) is 2.69. The Balaban J connectivity index is 1.72. The van der Waals surface area contributed by atoms with Crippen LogP contribution in [-0.4, -0.2) is 56.4 Å². The maximum absolute atomic E-state index is 13.8. The molecule has 1 unspecified atom stereocenters. The fourth-order valence-corrected chi connectivity index (χ4v) is 5.00. The van der Waals surface area contributed by atoms with Crippen LogP contribution in [0.25, 0.3) is 0 Å². The zero-order chi connectivity index (χ0) is 21.2. The first-order valence-electron chi connectivity index (χ1n) is 8.90. The number of sulfonamides is 1. The second-order valence-electron chi connectivity index (χ2n) is 6.62. The summed E-state index contributed by atoms with van der Waals surface area (Å²) in [5, 5.41) is 2.39. The van der Waals surface area contributed by atoms with E-state index in [0.29, 0.717) is 6.07 Å². The van der Waals surface area contributed by atoms with Gasteiger partial charge in [0.25, 0.3) is 0 Å². The Kier molecular flexibility index (Phi) is 6.04. The minimum atomic E-state index is -3.83. The number of piperazine rings is 1. The highest BCUT2D eigenvalue weighted by Gasteiger charge is 2.36. The molecule has 0 aromatic heterocycles. The molecule has 7 nitrogen and oxygen atoms in total. The number of anilines is 1. The quantitative estimate of drug-likeness (QED) is 0.817. The number of hydrogen-bond donors (Lipinski definition) is 1. The summed E-state index contributed by atoms with van der Waals surface area (Å²) in [6, 6.07) is 8.08. The molecular formula is C19H21F2N3O4S. The lowest BCUT2D eigenvalue weighted by Crippen LogP contribution is -2.56. The molecule has 156 valence electrons. The number of carbonyl (C=O) groups excluding carboxylic acids is 1. The van der Waals surface area contributed by atoms with Gasteiger partial charge in [0.15, 0.2) is 0 Å². The Morgan fingerprint density at radius 2 is 1.90 bits per heavy atom. The number of nitrogens with one attached hydrogen (secondary N) is 1. The molecule has 2 aromatic rings. The van der Waals surface area contributed by atoms with Crippen molar-refractivity contribution in [2.75, 3.05) is 32.1 Å². The Morgan fingerprint density at radius 3 is 2.55 bits per heavy atom. The molecule has 1 aliphatic rings. The van der Waals surface area contributed by atoms with Gasteiger partial charge in [-0.25, -0.2) is 22.0 Å². The van der Waals surface area contributed by atoms with Crippen LogP contribution in [0, 0.1) is 11.6 Å². The van der Waals surface area contributed by atoms with Crippen molar-refractivity contribution in [1.29, 1.82) is 0 Å². The largest absolute Gasteiger partial charge is 0.495 e. The zero-order valence-corrected chi connectivity index (χ0v) is 16.7. The molecule has 29 heavy (non-hydrogen) atoms. The van der Waals surface area contributed by atoms with E-state index in [2.05, 4.69) is 5.32 Å². The molecule has 0 saturated carbocycles. The molecule has 0 bridgehead atoms. The van der Waals surface area contributed by atoms with E-state index in [9.17, 15) is 22.0 Å². The number of halogens is 2. The second kappa shape index (κ2) is 8.34. The van der Waals surface area contributed by atoms with Crippen LogP contribution in [0.5, 0.6) is 5.75 Å². The van der Waals surface area contributed by atoms with Crippen molar-refractivity contribution in [3.63, 3.8) is 0 Å². The number of methoxy groups -OCH3 is 1. The summed E-state index contributed by atoms with van der Waals surface area (Å²) in [6.45, 7) is 1.99. The number of rotatable bonds is 4. The molecular weight excluding hydrogens is 404 g/mol. The van der Waals surface area contributed by atoms with Gasteiger partial charge in [0.2, 0.25) is 10.0 Å². The van der Waals surface area contributed by atoms with Gasteiger partial charge >= 0.3 is 6.03 Å². The number of nitrogens with zero attached hydrogens (tertiary/aromatic N) is 2. The standard InChI is InChI=1S/C19H21F2N3O4S/c1-13-12-23(19(25)22-16-8-7-14(20)11-15(16)21)9-10-24(13)29(26,27)18-6-4-3-5-17(18)28-2/h3-8,11,13H,9-10,12H2,1-2H3,(H,22,25). The van der Waals surface area contributed by atoms with Crippen molar-refractivity contribution in [1.82, 2.24) is 9.21 Å². The molecule has 1 heterocycles. The molecule has 2 amide bonds. The molecule has 0 aliphatic carbocycles. The van der Waals surface area contributed by atoms with Gasteiger partial charge in [0, 0.05) is 31.7 Å². The van der Waals surface area contributed by atoms with Crippen LogP contribution < -0.4 is 10.1 Å². The molecule has 0 radical (unpaired) electrons. The third-order valence-electron chi connectivity index (χ3n) is 4.68. The minimum Gasteiger partial charge on any atom is -0.495 e. The van der Waals surface area contributed by atoms with Crippen LogP contribution in [0.4, 0.5) is 19.3 Å². The zero-order valence-electron chi connectivity index (χ0n) is 15.9. The van der Waals surface area contributed by atoms with Gasteiger partial charge in [-0.3, -0.25) is 0 Å². The van der Waals surface area contributed by atoms with E-state index in [1.165, 1.54) is 22.4 Å². The van der Waals surface area contributed by atoms with Crippen LogP contribution in [0.2, 0.25) is 0 Å². The fraction of sp³-hybridized carbons (Fsp3) is 0.316. The summed E-state index contributed by atoms with van der Waals surface area (Å²) < 4.78 is 59.4. The van der Waals surface area contributed by atoms with Gasteiger partial charge in [0.05, 0.1) is 12.8 Å². The predicted octanol–water partition coefficient (Wildman–Crippen LogP) is 2.90. The predicted molar refractivity (Wildman–Crippen MR) is 103 cm³/mol. The van der Waals surface area contributed by atoms with Crippen LogP contribution in [0.3, 0.4) is 0 Å². The maximum atomic E-state index is 13.8. The highest BCUT2D eigenvalue weighted by atomic mass is 32.2. The fourth-order valence-electron chi connectivity index (χ4n) is 3.23. The summed E-state index contributed by atoms with van der Waals surface area (Å²) in [5.74, 6) is -1.39. The number of urea groups is 1. The van der Waals surface area contributed by atoms with E-state index in [0.717, 1.165) is 12.1 Å². The van der Waals surface area contributed by atoms with Gasteiger partial charge in [-0.05, 0) is 31.2 Å². The van der Waals surface area contributed by atoms with Crippen LogP contribution in [0.15, 0.2) is 47.4 Å². The molecule has 1 N–H and O–H groups in total. The van der Waals surface area contributed by atoms with Gasteiger partial charge < -0.3 is 15.0 Å². The molecule has 10 heteroatoms. The molecule has 2 aromatic carbocycles. The third kappa shape index (κ3) is 4.33. The van der Waals surface area contributed by atoms with Gasteiger partial charge in [-0.2, -0.15) is 4.31 Å². The van der Waals surface area contributed by atoms with Crippen LogP contribution >= 0.6 is 0 Å². The van der Waals surface area contributed by atoms with Crippen molar-refractivity contribution in [2.24, 2.45) is 0 Å². The minimum absolute atomic E-state index is 0.0561. The lowest BCUT2D eigenvalue weighted by Gasteiger charge is -2.38. The Bertz CT molecular complexity index is 1020. The van der Waals surface area contributed by atoms with E-state index in [1.807, 2.05) is 0 Å². The number of benzene rings is 2. The number of ether oxygens (including phenoxy) is 1. The summed E-state index contributed by atoms with van der Waals surface area (Å²) in [6.07, 6.45) is 0. The Hall–Kier alpha value is -2.72. The lowest BCUT2D eigenvalue weighted by atomic mass is 10.2. The number of hydrogen-bond acceptors (Lipinski definition) is 4. The van der Waals surface area contributed by atoms with Crippen molar-refractivity contribution in [3.05, 3.63) is 54.1 Å². The normalized spacial score (nSPS) is 17.8. The summed E-state index contributed by atoms with van der Waals surface area (Å²) in [5.41, 5.74) is -0.145. The van der Waals surface area contributed by atoms with Gasteiger partial charge in [-0.1, -0.05) is 12.1 Å². The van der Waals surface area contributed by atoms with E-state index in [1.54, 1.807) is 25.1 Å². The second-order valence-corrected chi connectivity index (χ2v) is 8.47. The highest BCUT2D eigenvalue weighted by molar-refractivity contribution is 7.89. The van der Waals surface area contributed by atoms with E-state index >= 15 is 0 Å². The summed E-state index contributed by atoms with van der Waals surface area (Å²) in [4.78, 5) is 13.9. The molecule has 1 aliphatic heterocycles. The van der Waals surface area contributed by atoms with Crippen LogP contribution in [-0.2, 0) is 10.0 Å². The molecule has 1 saturated heterocycles. The SMILES string of the molecule is COc1ccccc1S(=O)(=O)N1CCN(C(=O)Nc2ccc(F)cc2F)CC1C. The number of amides is 2. The molecule has 1 fully saturated rings. The maximum Gasteiger partial charge on any atom is 0.322 e. The van der Waals surface area contributed by atoms with Gasteiger partial charge in [-0.15, -0.1) is 0 Å². The topological polar surface area (TPSA) is 79.0 Å². The number of para-hydroxylation sites is 1. The lowest BCUT2D eigenvalue weighted by molar-refractivity contribution is 0.157. The van der Waals surface area contributed by atoms with Crippen LogP contribution in [0.1, 0.15) is 6.92 Å². The summed E-state index contributed by atoms with van der Waals surface area (Å²) in [7, 11) is -2.43. The van der Waals surface area contributed by atoms with Crippen molar-refractivity contribution in [3.8, 4) is 5.75 Å². The Morgan fingerprint density at radius 1 is 1.17 bits per heavy atom. The molecule has 1 atom stereocenters. The van der Waals surface area contributed by atoms with Crippen molar-refractivity contribution in [2.45, 2.75) is 17.9 Å². The molecule has 0 spiro atoms.